The van der Waals surface area contributed by atoms with Crippen LogP contribution in [0, 0.1) is 19.8 Å². The third-order valence-corrected chi connectivity index (χ3v) is 5.14. The second-order valence-corrected chi connectivity index (χ2v) is 7.21. The number of benzene rings is 2. The Balaban J connectivity index is 1.57. The van der Waals surface area contributed by atoms with Gasteiger partial charge in [-0.1, -0.05) is 24.3 Å². The van der Waals surface area contributed by atoms with Crippen LogP contribution >= 0.6 is 0 Å². The average molecular weight is 410 g/mol. The molecule has 1 saturated heterocycles. The zero-order chi connectivity index (χ0) is 21.7. The lowest BCUT2D eigenvalue weighted by atomic mass is 10.1. The molecule has 1 atom stereocenters. The molecule has 2 amide bonds. The molecule has 30 heavy (non-hydrogen) atoms. The molecule has 1 fully saturated rings. The lowest BCUT2D eigenvalue weighted by molar-refractivity contribution is -0.151. The molecule has 0 aliphatic carbocycles. The van der Waals surface area contributed by atoms with Crippen molar-refractivity contribution in [1.29, 1.82) is 0 Å². The Hall–Kier alpha value is -3.35. The van der Waals surface area contributed by atoms with E-state index < -0.39 is 24.4 Å². The minimum Gasteiger partial charge on any atom is -0.492 e. The number of esters is 1. The van der Waals surface area contributed by atoms with Crippen LogP contribution in [0.15, 0.2) is 42.5 Å². The SMILES string of the molecule is CCOc1ccccc1N1C[C@H](C(=O)OCC(=O)Nc2cccc(C)c2C)CC1=O. The third-order valence-electron chi connectivity index (χ3n) is 5.14. The Morgan fingerprint density at radius 2 is 1.90 bits per heavy atom. The summed E-state index contributed by atoms with van der Waals surface area (Å²) < 4.78 is 10.8. The number of hydrogen-bond donors (Lipinski definition) is 1. The summed E-state index contributed by atoms with van der Waals surface area (Å²) in [5, 5.41) is 2.75. The Bertz CT molecular complexity index is 956. The number of rotatable bonds is 7. The number of ether oxygens (including phenoxy) is 2. The van der Waals surface area contributed by atoms with E-state index in [1.807, 2.05) is 45.0 Å². The number of nitrogens with zero attached hydrogens (tertiary/aromatic N) is 1. The summed E-state index contributed by atoms with van der Waals surface area (Å²) in [5.41, 5.74) is 3.34. The molecule has 0 aromatic heterocycles. The summed E-state index contributed by atoms with van der Waals surface area (Å²) in [6.07, 6.45) is 0.0396. The van der Waals surface area contributed by atoms with Crippen molar-refractivity contribution in [3.63, 3.8) is 0 Å². The zero-order valence-electron chi connectivity index (χ0n) is 17.4. The van der Waals surface area contributed by atoms with E-state index in [2.05, 4.69) is 5.32 Å². The highest BCUT2D eigenvalue weighted by molar-refractivity contribution is 6.01. The summed E-state index contributed by atoms with van der Waals surface area (Å²) >= 11 is 0. The molecule has 2 aromatic carbocycles. The second-order valence-electron chi connectivity index (χ2n) is 7.21. The molecule has 1 aliphatic rings. The van der Waals surface area contributed by atoms with Gasteiger partial charge in [-0.2, -0.15) is 0 Å². The quantitative estimate of drug-likeness (QED) is 0.709. The summed E-state index contributed by atoms with van der Waals surface area (Å²) in [7, 11) is 0. The van der Waals surface area contributed by atoms with Crippen LogP contribution in [0.3, 0.4) is 0 Å². The zero-order valence-corrected chi connectivity index (χ0v) is 17.4. The maximum atomic E-state index is 12.5. The molecular formula is C23H26N2O5. The van der Waals surface area contributed by atoms with Crippen LogP contribution in [-0.2, 0) is 19.1 Å². The van der Waals surface area contributed by atoms with Crippen molar-refractivity contribution in [2.75, 3.05) is 30.0 Å². The van der Waals surface area contributed by atoms with E-state index in [1.54, 1.807) is 18.2 Å². The molecule has 7 nitrogen and oxygen atoms in total. The van der Waals surface area contributed by atoms with Crippen LogP contribution < -0.4 is 15.0 Å². The van der Waals surface area contributed by atoms with Gasteiger partial charge in [0, 0.05) is 18.7 Å². The number of anilines is 2. The highest BCUT2D eigenvalue weighted by atomic mass is 16.5. The third kappa shape index (κ3) is 4.79. The average Bonchev–Trinajstić information content (AvgIpc) is 3.12. The van der Waals surface area contributed by atoms with Gasteiger partial charge < -0.3 is 19.7 Å². The monoisotopic (exact) mass is 410 g/mol. The van der Waals surface area contributed by atoms with Crippen molar-refractivity contribution in [2.24, 2.45) is 5.92 Å². The van der Waals surface area contributed by atoms with Crippen molar-refractivity contribution in [3.05, 3.63) is 53.6 Å². The molecule has 1 aliphatic heterocycles. The number of aryl methyl sites for hydroxylation is 1. The van der Waals surface area contributed by atoms with Crippen molar-refractivity contribution < 1.29 is 23.9 Å². The number of nitrogens with one attached hydrogen (secondary N) is 1. The molecule has 2 aromatic rings. The van der Waals surface area contributed by atoms with Gasteiger partial charge in [0.05, 0.1) is 18.2 Å². The minimum atomic E-state index is -0.624. The van der Waals surface area contributed by atoms with Gasteiger partial charge in [0.25, 0.3) is 5.91 Å². The van der Waals surface area contributed by atoms with Crippen LogP contribution in [-0.4, -0.2) is 37.5 Å². The number of para-hydroxylation sites is 2. The van der Waals surface area contributed by atoms with Gasteiger partial charge in [0.15, 0.2) is 6.61 Å². The fraction of sp³-hybridized carbons (Fsp3) is 0.348. The number of carbonyl (C=O) groups excluding carboxylic acids is 3. The van der Waals surface area contributed by atoms with Crippen LogP contribution in [0.5, 0.6) is 5.75 Å². The summed E-state index contributed by atoms with van der Waals surface area (Å²) in [6.45, 7) is 6.01. The standard InChI is InChI=1S/C23H26N2O5/c1-4-29-20-11-6-5-10-19(20)25-13-17(12-22(25)27)23(28)30-14-21(26)24-18-9-7-8-15(2)16(18)3/h5-11,17H,4,12-14H2,1-3H3,(H,24,26)/t17-/m1/s1. The first-order valence-corrected chi connectivity index (χ1v) is 9.95. The topological polar surface area (TPSA) is 84.9 Å². The van der Waals surface area contributed by atoms with Gasteiger partial charge in [0.1, 0.15) is 5.75 Å². The maximum Gasteiger partial charge on any atom is 0.311 e. The summed E-state index contributed by atoms with van der Waals surface area (Å²) in [5.74, 6) is -1.18. The van der Waals surface area contributed by atoms with Crippen molar-refractivity contribution in [3.8, 4) is 5.75 Å². The van der Waals surface area contributed by atoms with Crippen molar-refractivity contribution >= 4 is 29.2 Å². The normalized spacial score (nSPS) is 15.8. The van der Waals surface area contributed by atoms with E-state index in [4.69, 9.17) is 9.47 Å². The first-order valence-electron chi connectivity index (χ1n) is 9.95. The van der Waals surface area contributed by atoms with E-state index >= 15 is 0 Å². The number of hydrogen-bond acceptors (Lipinski definition) is 5. The Kier molecular flexibility index (Phi) is 6.72. The van der Waals surface area contributed by atoms with E-state index in [0.29, 0.717) is 23.7 Å². The van der Waals surface area contributed by atoms with Crippen LogP contribution in [0.4, 0.5) is 11.4 Å². The van der Waals surface area contributed by atoms with E-state index in [1.165, 1.54) is 4.90 Å². The van der Waals surface area contributed by atoms with Crippen LogP contribution in [0.1, 0.15) is 24.5 Å². The second kappa shape index (κ2) is 9.43. The molecule has 0 bridgehead atoms. The maximum absolute atomic E-state index is 12.5. The van der Waals surface area contributed by atoms with Gasteiger partial charge in [-0.3, -0.25) is 14.4 Å². The lowest BCUT2D eigenvalue weighted by Crippen LogP contribution is -2.28. The molecule has 0 radical (unpaired) electrons. The van der Waals surface area contributed by atoms with Crippen LogP contribution in [0.2, 0.25) is 0 Å². The van der Waals surface area contributed by atoms with Gasteiger partial charge in [-0.05, 0) is 50.1 Å². The molecule has 3 rings (SSSR count). The van der Waals surface area contributed by atoms with Gasteiger partial charge >= 0.3 is 5.97 Å². The fourth-order valence-corrected chi connectivity index (χ4v) is 3.38. The first kappa shape index (κ1) is 21.4. The molecule has 0 unspecified atom stereocenters. The van der Waals surface area contributed by atoms with Gasteiger partial charge in [0.2, 0.25) is 5.91 Å². The highest BCUT2D eigenvalue weighted by Crippen LogP contribution is 2.33. The van der Waals surface area contributed by atoms with E-state index in [9.17, 15) is 14.4 Å². The van der Waals surface area contributed by atoms with Gasteiger partial charge in [-0.25, -0.2) is 0 Å². The van der Waals surface area contributed by atoms with Gasteiger partial charge in [-0.15, -0.1) is 0 Å². The molecule has 1 N–H and O–H groups in total. The van der Waals surface area contributed by atoms with E-state index in [-0.39, 0.29) is 18.9 Å². The Labute approximate surface area is 176 Å². The Morgan fingerprint density at radius 3 is 2.67 bits per heavy atom. The first-order chi connectivity index (χ1) is 14.4. The number of carbonyl (C=O) groups is 3. The van der Waals surface area contributed by atoms with Crippen LogP contribution in [0.25, 0.3) is 0 Å². The summed E-state index contributed by atoms with van der Waals surface area (Å²) in [6, 6.07) is 12.8. The van der Waals surface area contributed by atoms with Crippen molar-refractivity contribution in [2.45, 2.75) is 27.2 Å². The number of amides is 2. The van der Waals surface area contributed by atoms with E-state index in [0.717, 1.165) is 11.1 Å². The molecule has 158 valence electrons. The minimum absolute atomic E-state index is 0.0396. The largest absolute Gasteiger partial charge is 0.492 e. The molecule has 7 heteroatoms. The van der Waals surface area contributed by atoms with Crippen molar-refractivity contribution in [1.82, 2.24) is 0 Å². The smallest absolute Gasteiger partial charge is 0.311 e. The summed E-state index contributed by atoms with van der Waals surface area (Å²) in [4.78, 5) is 38.6. The fourth-order valence-electron chi connectivity index (χ4n) is 3.38. The predicted octanol–water partition coefficient (Wildman–Crippen LogP) is 3.24. The Morgan fingerprint density at radius 1 is 1.13 bits per heavy atom. The molecule has 0 spiro atoms. The predicted molar refractivity (Wildman–Crippen MR) is 114 cm³/mol. The lowest BCUT2D eigenvalue weighted by Gasteiger charge is -2.20. The molecule has 0 saturated carbocycles. The molecular weight excluding hydrogens is 384 g/mol. The highest BCUT2D eigenvalue weighted by Gasteiger charge is 2.37. The molecule has 1 heterocycles.